The molecule has 0 spiro atoms. The van der Waals surface area contributed by atoms with E-state index in [4.69, 9.17) is 4.52 Å². The second-order valence-corrected chi connectivity index (χ2v) is 5.15. The van der Waals surface area contributed by atoms with Gasteiger partial charge in [0.1, 0.15) is 16.5 Å². The Morgan fingerprint density at radius 2 is 2.10 bits per heavy atom. The Bertz CT molecular complexity index is 686. The van der Waals surface area contributed by atoms with Crippen molar-refractivity contribution in [3.8, 4) is 11.5 Å². The van der Waals surface area contributed by atoms with Gasteiger partial charge in [0.2, 0.25) is 0 Å². The fourth-order valence-electron chi connectivity index (χ4n) is 1.68. The molecular formula is C14H12N4OS. The molecule has 0 atom stereocenters. The number of nitrogens with zero attached hydrogens (tertiary/aromatic N) is 4. The second-order valence-electron chi connectivity index (χ2n) is 4.15. The van der Waals surface area contributed by atoms with Crippen LogP contribution in [0.5, 0.6) is 0 Å². The lowest BCUT2D eigenvalue weighted by atomic mass is 10.3. The number of thioether (sulfide) groups is 1. The van der Waals surface area contributed by atoms with Gasteiger partial charge >= 0.3 is 0 Å². The van der Waals surface area contributed by atoms with Crippen LogP contribution in [0.4, 0.5) is 0 Å². The Morgan fingerprint density at radius 1 is 1.15 bits per heavy atom. The van der Waals surface area contributed by atoms with E-state index in [1.807, 2.05) is 37.3 Å². The lowest BCUT2D eigenvalue weighted by Gasteiger charge is -2.04. The van der Waals surface area contributed by atoms with E-state index in [9.17, 15) is 0 Å². The lowest BCUT2D eigenvalue weighted by molar-refractivity contribution is 0.395. The average Bonchev–Trinajstić information content (AvgIpc) is 2.99. The van der Waals surface area contributed by atoms with Gasteiger partial charge in [-0.1, -0.05) is 23.0 Å². The molecule has 3 rings (SSSR count). The third-order valence-electron chi connectivity index (χ3n) is 2.58. The van der Waals surface area contributed by atoms with Crippen molar-refractivity contribution >= 4 is 11.8 Å². The van der Waals surface area contributed by atoms with E-state index >= 15 is 0 Å². The van der Waals surface area contributed by atoms with Gasteiger partial charge < -0.3 is 4.52 Å². The highest BCUT2D eigenvalue weighted by Crippen LogP contribution is 2.23. The van der Waals surface area contributed by atoms with Crippen LogP contribution >= 0.6 is 11.8 Å². The van der Waals surface area contributed by atoms with Crippen molar-refractivity contribution in [1.82, 2.24) is 20.1 Å². The minimum absolute atomic E-state index is 0.644. The highest BCUT2D eigenvalue weighted by Gasteiger charge is 2.07. The summed E-state index contributed by atoms with van der Waals surface area (Å²) in [5.74, 6) is 2.16. The molecule has 0 aromatic carbocycles. The van der Waals surface area contributed by atoms with Gasteiger partial charge in [0.15, 0.2) is 5.82 Å². The zero-order valence-corrected chi connectivity index (χ0v) is 11.7. The summed E-state index contributed by atoms with van der Waals surface area (Å²) < 4.78 is 5.07. The van der Waals surface area contributed by atoms with Gasteiger partial charge in [-0.3, -0.25) is 4.98 Å². The van der Waals surface area contributed by atoms with Crippen LogP contribution in [0.25, 0.3) is 11.5 Å². The molecule has 3 heterocycles. The predicted molar refractivity (Wildman–Crippen MR) is 76.1 cm³/mol. The smallest absolute Gasteiger partial charge is 0.179 e. The maximum Gasteiger partial charge on any atom is 0.179 e. The van der Waals surface area contributed by atoms with E-state index in [2.05, 4.69) is 20.1 Å². The van der Waals surface area contributed by atoms with Gasteiger partial charge in [0, 0.05) is 18.0 Å². The van der Waals surface area contributed by atoms with Crippen LogP contribution in [-0.4, -0.2) is 20.1 Å². The van der Waals surface area contributed by atoms with Gasteiger partial charge in [0.05, 0.1) is 11.9 Å². The lowest BCUT2D eigenvalue weighted by Crippen LogP contribution is -1.95. The number of aryl methyl sites for hydroxylation is 1. The Kier molecular flexibility index (Phi) is 3.73. The van der Waals surface area contributed by atoms with Gasteiger partial charge in [-0.15, -0.1) is 0 Å². The predicted octanol–water partition coefficient (Wildman–Crippen LogP) is 3.13. The summed E-state index contributed by atoms with van der Waals surface area (Å²) >= 11 is 1.59. The Balaban J connectivity index is 1.83. The quantitative estimate of drug-likeness (QED) is 0.541. The minimum Gasteiger partial charge on any atom is -0.361 e. The molecule has 0 aliphatic heterocycles. The molecule has 5 nitrogen and oxygen atoms in total. The molecule has 0 saturated heterocycles. The van der Waals surface area contributed by atoms with Crippen molar-refractivity contribution in [3.05, 3.63) is 54.2 Å². The summed E-state index contributed by atoms with van der Waals surface area (Å²) in [5, 5.41) is 4.58. The Hall–Kier alpha value is -2.21. The molecule has 0 radical (unpaired) electrons. The summed E-state index contributed by atoms with van der Waals surface area (Å²) in [6, 6.07) is 9.50. The van der Waals surface area contributed by atoms with Crippen LogP contribution in [0.15, 0.2) is 52.3 Å². The first-order valence-electron chi connectivity index (χ1n) is 6.11. The third-order valence-corrected chi connectivity index (χ3v) is 3.51. The first-order valence-corrected chi connectivity index (χ1v) is 7.09. The fourth-order valence-corrected chi connectivity index (χ4v) is 2.53. The van der Waals surface area contributed by atoms with Crippen molar-refractivity contribution in [2.45, 2.75) is 17.7 Å². The van der Waals surface area contributed by atoms with Crippen molar-refractivity contribution < 1.29 is 4.52 Å². The van der Waals surface area contributed by atoms with Crippen LogP contribution in [0, 0.1) is 6.92 Å². The molecule has 0 amide bonds. The molecule has 0 aliphatic carbocycles. The fraction of sp³-hybridized carbons (Fsp3) is 0.143. The Labute approximate surface area is 120 Å². The SMILES string of the molecule is Cc1cc(SCc2ccno2)nc(-c2ccccn2)n1. The summed E-state index contributed by atoms with van der Waals surface area (Å²) in [4.78, 5) is 13.2. The zero-order valence-electron chi connectivity index (χ0n) is 10.9. The molecular weight excluding hydrogens is 272 g/mol. The number of rotatable bonds is 4. The molecule has 6 heteroatoms. The minimum atomic E-state index is 0.644. The van der Waals surface area contributed by atoms with Gasteiger partial charge in [-0.25, -0.2) is 9.97 Å². The summed E-state index contributed by atoms with van der Waals surface area (Å²) in [7, 11) is 0. The number of hydrogen-bond donors (Lipinski definition) is 0. The third kappa shape index (κ3) is 3.03. The first-order chi connectivity index (χ1) is 9.81. The highest BCUT2D eigenvalue weighted by atomic mass is 32.2. The van der Waals surface area contributed by atoms with Crippen LogP contribution in [-0.2, 0) is 5.75 Å². The van der Waals surface area contributed by atoms with Crippen LogP contribution in [0.1, 0.15) is 11.5 Å². The van der Waals surface area contributed by atoms with Crippen molar-refractivity contribution in [3.63, 3.8) is 0 Å². The highest BCUT2D eigenvalue weighted by molar-refractivity contribution is 7.98. The first kappa shape index (κ1) is 12.8. The van der Waals surface area contributed by atoms with Gasteiger partial charge in [0.25, 0.3) is 0 Å². The van der Waals surface area contributed by atoms with E-state index in [0.717, 1.165) is 22.2 Å². The maximum absolute atomic E-state index is 5.07. The molecule has 0 fully saturated rings. The van der Waals surface area contributed by atoms with E-state index < -0.39 is 0 Å². The second kappa shape index (κ2) is 5.83. The summed E-state index contributed by atoms with van der Waals surface area (Å²) in [6.07, 6.45) is 3.38. The van der Waals surface area contributed by atoms with E-state index in [1.165, 1.54) is 0 Å². The summed E-state index contributed by atoms with van der Waals surface area (Å²) in [6.45, 7) is 1.95. The summed E-state index contributed by atoms with van der Waals surface area (Å²) in [5.41, 5.74) is 1.69. The van der Waals surface area contributed by atoms with Gasteiger partial charge in [-0.2, -0.15) is 0 Å². The molecule has 3 aromatic rings. The van der Waals surface area contributed by atoms with Crippen molar-refractivity contribution in [2.24, 2.45) is 0 Å². The van der Waals surface area contributed by atoms with E-state index in [1.54, 1.807) is 24.2 Å². The normalized spacial score (nSPS) is 10.7. The number of pyridine rings is 1. The van der Waals surface area contributed by atoms with Crippen molar-refractivity contribution in [2.75, 3.05) is 0 Å². The molecule has 20 heavy (non-hydrogen) atoms. The number of hydrogen-bond acceptors (Lipinski definition) is 6. The zero-order chi connectivity index (χ0) is 13.8. The topological polar surface area (TPSA) is 64.7 Å². The number of aromatic nitrogens is 4. The van der Waals surface area contributed by atoms with E-state index in [0.29, 0.717) is 11.6 Å². The van der Waals surface area contributed by atoms with Crippen molar-refractivity contribution in [1.29, 1.82) is 0 Å². The maximum atomic E-state index is 5.07. The monoisotopic (exact) mass is 284 g/mol. The Morgan fingerprint density at radius 3 is 2.85 bits per heavy atom. The van der Waals surface area contributed by atoms with Crippen LogP contribution in [0.2, 0.25) is 0 Å². The largest absolute Gasteiger partial charge is 0.361 e. The van der Waals surface area contributed by atoms with Gasteiger partial charge in [-0.05, 0) is 25.1 Å². The molecule has 100 valence electrons. The molecule has 0 N–H and O–H groups in total. The molecule has 0 saturated carbocycles. The molecule has 3 aromatic heterocycles. The molecule has 0 bridgehead atoms. The average molecular weight is 284 g/mol. The van der Waals surface area contributed by atoms with Crippen LogP contribution < -0.4 is 0 Å². The molecule has 0 unspecified atom stereocenters. The standard InChI is InChI=1S/C14H12N4OS/c1-10-8-13(20-9-11-5-7-16-19-11)18-14(17-10)12-4-2-3-6-15-12/h2-8H,9H2,1H3. The molecule has 0 aliphatic rings. The van der Waals surface area contributed by atoms with Crippen LogP contribution in [0.3, 0.4) is 0 Å². The van der Waals surface area contributed by atoms with E-state index in [-0.39, 0.29) is 0 Å².